The fourth-order valence-corrected chi connectivity index (χ4v) is 5.80. The molecule has 5 heteroatoms. The minimum absolute atomic E-state index is 0.0878. The van der Waals surface area contributed by atoms with Crippen molar-refractivity contribution < 1.29 is 13.9 Å². The van der Waals surface area contributed by atoms with Crippen LogP contribution in [-0.4, -0.2) is 19.1 Å². The maximum absolute atomic E-state index is 12.6. The maximum atomic E-state index is 12.6. The summed E-state index contributed by atoms with van der Waals surface area (Å²) in [6.45, 7) is 2.38. The molecule has 170 valence electrons. The van der Waals surface area contributed by atoms with Gasteiger partial charge in [0.1, 0.15) is 11.3 Å². The van der Waals surface area contributed by atoms with Crippen LogP contribution in [0.4, 0.5) is 0 Å². The third-order valence-electron chi connectivity index (χ3n) is 7.28. The summed E-state index contributed by atoms with van der Waals surface area (Å²) in [5, 5.41) is 3.94. The number of benzene rings is 3. The molecule has 3 aromatic carbocycles. The van der Waals surface area contributed by atoms with Crippen molar-refractivity contribution in [1.82, 2.24) is 5.32 Å². The molecular formula is C29H25NO4. The zero-order valence-electron chi connectivity index (χ0n) is 18.9. The molecule has 0 saturated heterocycles. The molecule has 34 heavy (non-hydrogen) atoms. The summed E-state index contributed by atoms with van der Waals surface area (Å²) < 4.78 is 11.0. The van der Waals surface area contributed by atoms with E-state index in [0.717, 1.165) is 17.4 Å². The molecule has 1 unspecified atom stereocenters. The maximum Gasteiger partial charge on any atom is 0.336 e. The summed E-state index contributed by atoms with van der Waals surface area (Å²) in [6.07, 6.45) is 1.03. The van der Waals surface area contributed by atoms with Gasteiger partial charge in [0.2, 0.25) is 0 Å². The molecule has 0 spiro atoms. The minimum atomic E-state index is -0.398. The van der Waals surface area contributed by atoms with Crippen LogP contribution >= 0.6 is 0 Å². The second-order valence-electron chi connectivity index (χ2n) is 9.28. The Morgan fingerprint density at radius 2 is 1.65 bits per heavy atom. The van der Waals surface area contributed by atoms with E-state index in [-0.39, 0.29) is 12.5 Å². The van der Waals surface area contributed by atoms with Gasteiger partial charge in [-0.15, -0.1) is 0 Å². The molecular weight excluding hydrogens is 426 g/mol. The normalized spacial score (nSPS) is 20.0. The average molecular weight is 452 g/mol. The number of nitrogens with one attached hydrogen (secondary N) is 1. The Labute approximate surface area is 197 Å². The van der Waals surface area contributed by atoms with Crippen LogP contribution in [0.25, 0.3) is 11.0 Å². The Bertz CT molecular complexity index is 1420. The lowest BCUT2D eigenvalue weighted by Gasteiger charge is -2.45. The van der Waals surface area contributed by atoms with Gasteiger partial charge in [-0.25, -0.2) is 4.79 Å². The summed E-state index contributed by atoms with van der Waals surface area (Å²) in [4.78, 5) is 24.3. The van der Waals surface area contributed by atoms with Crippen LogP contribution in [0.3, 0.4) is 0 Å². The molecule has 1 N–H and O–H groups in total. The Morgan fingerprint density at radius 3 is 2.35 bits per heavy atom. The van der Waals surface area contributed by atoms with Crippen LogP contribution in [0.2, 0.25) is 0 Å². The van der Waals surface area contributed by atoms with Crippen molar-refractivity contribution in [2.24, 2.45) is 5.92 Å². The van der Waals surface area contributed by atoms with E-state index in [4.69, 9.17) is 9.15 Å². The van der Waals surface area contributed by atoms with E-state index in [9.17, 15) is 9.59 Å². The van der Waals surface area contributed by atoms with Gasteiger partial charge in [-0.05, 0) is 59.2 Å². The van der Waals surface area contributed by atoms with Gasteiger partial charge < -0.3 is 14.5 Å². The first-order valence-electron chi connectivity index (χ1n) is 11.7. The highest BCUT2D eigenvalue weighted by Gasteiger charge is 2.42. The largest absolute Gasteiger partial charge is 0.484 e. The van der Waals surface area contributed by atoms with Crippen molar-refractivity contribution in [3.8, 4) is 5.75 Å². The van der Waals surface area contributed by atoms with E-state index in [0.29, 0.717) is 35.6 Å². The lowest BCUT2D eigenvalue weighted by Crippen LogP contribution is -2.40. The van der Waals surface area contributed by atoms with Crippen molar-refractivity contribution in [3.63, 3.8) is 0 Å². The van der Waals surface area contributed by atoms with E-state index < -0.39 is 5.63 Å². The topological polar surface area (TPSA) is 68.5 Å². The number of hydrogen-bond donors (Lipinski definition) is 1. The fourth-order valence-electron chi connectivity index (χ4n) is 5.80. The van der Waals surface area contributed by atoms with Crippen LogP contribution in [0.1, 0.15) is 46.1 Å². The Hall–Kier alpha value is -3.86. The number of ether oxygens (including phenoxy) is 1. The molecule has 1 amide bonds. The standard InChI is InChI=1S/C29H25NO4/c1-17-12-28(32)34-26-14-19(10-11-20(17)26)33-16-27(31)30-15-18-13-25-21-6-2-4-8-23(21)29(18)24-9-5-3-7-22(24)25/h2-12,14,18,25,29H,13,15-16H2,1H3,(H,30,31). The number of fused-ring (bicyclic) bond motifs is 2. The van der Waals surface area contributed by atoms with Gasteiger partial charge in [0.25, 0.3) is 5.91 Å². The lowest BCUT2D eigenvalue weighted by molar-refractivity contribution is -0.123. The lowest BCUT2D eigenvalue weighted by atomic mass is 9.59. The van der Waals surface area contributed by atoms with Crippen molar-refractivity contribution in [2.45, 2.75) is 25.2 Å². The predicted molar refractivity (Wildman–Crippen MR) is 130 cm³/mol. The number of carbonyl (C=O) groups excluding carboxylic acids is 1. The first-order valence-corrected chi connectivity index (χ1v) is 11.7. The number of rotatable bonds is 5. The smallest absolute Gasteiger partial charge is 0.336 e. The SMILES string of the molecule is Cc1cc(=O)oc2cc(OCC(=O)NCC3CC4c5ccccc5C3c3ccccc34)ccc12. The van der Waals surface area contributed by atoms with E-state index >= 15 is 0 Å². The first-order chi connectivity index (χ1) is 16.6. The third kappa shape index (κ3) is 3.48. The van der Waals surface area contributed by atoms with Crippen LogP contribution in [0.15, 0.2) is 82.0 Å². The van der Waals surface area contributed by atoms with E-state index in [1.807, 2.05) is 13.0 Å². The molecule has 7 rings (SSSR count). The molecule has 0 aliphatic heterocycles. The summed E-state index contributed by atoms with van der Waals surface area (Å²) in [7, 11) is 0. The molecule has 5 nitrogen and oxygen atoms in total. The van der Waals surface area contributed by atoms with E-state index in [1.54, 1.807) is 12.1 Å². The monoisotopic (exact) mass is 451 g/mol. The van der Waals surface area contributed by atoms with Gasteiger partial charge >= 0.3 is 5.63 Å². The van der Waals surface area contributed by atoms with Crippen molar-refractivity contribution >= 4 is 16.9 Å². The number of aryl methyl sites for hydroxylation is 1. The molecule has 3 aliphatic rings. The quantitative estimate of drug-likeness (QED) is 0.439. The van der Waals surface area contributed by atoms with E-state index in [2.05, 4.69) is 53.8 Å². The number of amides is 1. The van der Waals surface area contributed by atoms with Gasteiger partial charge in [0, 0.05) is 35.9 Å². The van der Waals surface area contributed by atoms with E-state index in [1.165, 1.54) is 28.3 Å². The Kier molecular flexibility index (Phi) is 4.98. The molecule has 2 bridgehead atoms. The molecule has 3 aliphatic carbocycles. The third-order valence-corrected chi connectivity index (χ3v) is 7.28. The second-order valence-corrected chi connectivity index (χ2v) is 9.28. The Morgan fingerprint density at radius 1 is 0.971 bits per heavy atom. The second kappa shape index (κ2) is 8.17. The Balaban J connectivity index is 1.14. The highest BCUT2D eigenvalue weighted by molar-refractivity contribution is 5.81. The minimum Gasteiger partial charge on any atom is -0.484 e. The highest BCUT2D eigenvalue weighted by Crippen LogP contribution is 2.55. The molecule has 1 heterocycles. The molecule has 0 saturated carbocycles. The van der Waals surface area contributed by atoms with Crippen LogP contribution < -0.4 is 15.7 Å². The first kappa shape index (κ1) is 20.7. The van der Waals surface area contributed by atoms with Crippen LogP contribution in [-0.2, 0) is 4.79 Å². The van der Waals surface area contributed by atoms with Crippen molar-refractivity contribution in [2.75, 3.05) is 13.2 Å². The molecule has 0 radical (unpaired) electrons. The zero-order chi connectivity index (χ0) is 23.2. The van der Waals surface area contributed by atoms with Crippen molar-refractivity contribution in [3.05, 3.63) is 111 Å². The summed E-state index contributed by atoms with van der Waals surface area (Å²) >= 11 is 0. The molecule has 1 atom stereocenters. The molecule has 1 aromatic heterocycles. The fraction of sp³-hybridized carbons (Fsp3) is 0.241. The predicted octanol–water partition coefficient (Wildman–Crippen LogP) is 4.89. The van der Waals surface area contributed by atoms with Gasteiger partial charge in [0.15, 0.2) is 6.61 Å². The van der Waals surface area contributed by atoms with Crippen LogP contribution in [0, 0.1) is 12.8 Å². The van der Waals surface area contributed by atoms with Gasteiger partial charge in [0.05, 0.1) is 0 Å². The molecule has 4 aromatic rings. The van der Waals surface area contributed by atoms with Gasteiger partial charge in [-0.3, -0.25) is 4.79 Å². The van der Waals surface area contributed by atoms with Gasteiger partial charge in [-0.2, -0.15) is 0 Å². The van der Waals surface area contributed by atoms with Crippen LogP contribution in [0.5, 0.6) is 5.75 Å². The molecule has 0 fully saturated rings. The number of carbonyl (C=O) groups is 1. The summed E-state index contributed by atoms with van der Waals surface area (Å²) in [6, 6.07) is 24.2. The summed E-state index contributed by atoms with van der Waals surface area (Å²) in [5.41, 5.74) is 6.54. The zero-order valence-corrected chi connectivity index (χ0v) is 18.9. The van der Waals surface area contributed by atoms with Crippen molar-refractivity contribution in [1.29, 1.82) is 0 Å². The highest BCUT2D eigenvalue weighted by atomic mass is 16.5. The summed E-state index contributed by atoms with van der Waals surface area (Å²) in [5.74, 6) is 1.36. The average Bonchev–Trinajstić information content (AvgIpc) is 2.86. The van der Waals surface area contributed by atoms with Gasteiger partial charge in [-0.1, -0.05) is 48.5 Å². The number of hydrogen-bond acceptors (Lipinski definition) is 4.